The highest BCUT2D eigenvalue weighted by Crippen LogP contribution is 2.24. The van der Waals surface area contributed by atoms with Gasteiger partial charge in [0.1, 0.15) is 11.5 Å². The fourth-order valence-electron chi connectivity index (χ4n) is 3.67. The van der Waals surface area contributed by atoms with Crippen LogP contribution in [-0.4, -0.2) is 47.5 Å². The maximum Gasteiger partial charge on any atom is 0.240 e. The number of hydrogen-bond acceptors (Lipinski definition) is 5. The molecule has 2 N–H and O–H groups in total. The van der Waals surface area contributed by atoms with Gasteiger partial charge in [0.05, 0.1) is 11.9 Å². The van der Waals surface area contributed by atoms with Gasteiger partial charge in [-0.25, -0.2) is 0 Å². The SMILES string of the molecule is O=C(CC1CN[C@H](C(=O)N2CCSC2)C1)Nc1ccc(Oc2ccccc2)cc1. The Bertz CT molecular complexity index is 838. The van der Waals surface area contributed by atoms with E-state index in [9.17, 15) is 9.59 Å². The predicted molar refractivity (Wildman–Crippen MR) is 115 cm³/mol. The van der Waals surface area contributed by atoms with Gasteiger partial charge in [-0.2, -0.15) is 0 Å². The van der Waals surface area contributed by atoms with Crippen molar-refractivity contribution < 1.29 is 14.3 Å². The Morgan fingerprint density at radius 2 is 1.86 bits per heavy atom. The highest BCUT2D eigenvalue weighted by Gasteiger charge is 2.34. The molecule has 0 radical (unpaired) electrons. The molecule has 0 saturated carbocycles. The molecule has 7 heteroatoms. The fraction of sp³-hybridized carbons (Fsp3) is 0.364. The van der Waals surface area contributed by atoms with Gasteiger partial charge in [-0.05, 0) is 55.3 Å². The first-order valence-electron chi connectivity index (χ1n) is 9.90. The fourth-order valence-corrected chi connectivity index (χ4v) is 4.62. The summed E-state index contributed by atoms with van der Waals surface area (Å²) < 4.78 is 5.76. The summed E-state index contributed by atoms with van der Waals surface area (Å²) in [6.45, 7) is 1.53. The van der Waals surface area contributed by atoms with E-state index in [1.54, 1.807) is 11.8 Å². The number of carbonyl (C=O) groups is 2. The lowest BCUT2D eigenvalue weighted by Gasteiger charge is -2.19. The summed E-state index contributed by atoms with van der Waals surface area (Å²) in [5, 5.41) is 6.22. The number of carbonyl (C=O) groups excluding carboxylic acids is 2. The number of benzene rings is 2. The number of ether oxygens (including phenoxy) is 1. The van der Waals surface area contributed by atoms with Crippen LogP contribution in [0.15, 0.2) is 54.6 Å². The zero-order chi connectivity index (χ0) is 20.1. The Hall–Kier alpha value is -2.51. The minimum atomic E-state index is -0.152. The molecule has 2 aliphatic rings. The second-order valence-electron chi connectivity index (χ2n) is 7.39. The molecule has 2 heterocycles. The van der Waals surface area contributed by atoms with Crippen molar-refractivity contribution in [3.63, 3.8) is 0 Å². The van der Waals surface area contributed by atoms with Crippen LogP contribution in [-0.2, 0) is 9.59 Å². The van der Waals surface area contributed by atoms with E-state index in [4.69, 9.17) is 4.74 Å². The first-order chi connectivity index (χ1) is 14.2. The third-order valence-electron chi connectivity index (χ3n) is 5.18. The van der Waals surface area contributed by atoms with Crippen molar-refractivity contribution in [2.75, 3.05) is 30.0 Å². The molecule has 2 aromatic carbocycles. The molecule has 29 heavy (non-hydrogen) atoms. The number of amides is 2. The first kappa shape index (κ1) is 19.8. The molecule has 0 aliphatic carbocycles. The van der Waals surface area contributed by atoms with Crippen molar-refractivity contribution in [2.45, 2.75) is 18.9 Å². The van der Waals surface area contributed by atoms with Gasteiger partial charge < -0.3 is 20.3 Å². The van der Waals surface area contributed by atoms with E-state index in [0.29, 0.717) is 13.0 Å². The summed E-state index contributed by atoms with van der Waals surface area (Å²) >= 11 is 1.79. The van der Waals surface area contributed by atoms with Gasteiger partial charge in [-0.15, -0.1) is 11.8 Å². The smallest absolute Gasteiger partial charge is 0.240 e. The van der Waals surface area contributed by atoms with E-state index in [2.05, 4.69) is 10.6 Å². The molecule has 0 bridgehead atoms. The maximum atomic E-state index is 12.5. The number of thioether (sulfide) groups is 1. The molecule has 2 fully saturated rings. The van der Waals surface area contributed by atoms with Gasteiger partial charge in [0.15, 0.2) is 0 Å². The topological polar surface area (TPSA) is 70.7 Å². The summed E-state index contributed by atoms with van der Waals surface area (Å²) in [5.74, 6) is 3.61. The quantitative estimate of drug-likeness (QED) is 0.763. The Kier molecular flexibility index (Phi) is 6.36. The number of hydrogen-bond donors (Lipinski definition) is 2. The van der Waals surface area contributed by atoms with Gasteiger partial charge in [0, 0.05) is 24.4 Å². The van der Waals surface area contributed by atoms with Crippen molar-refractivity contribution in [3.05, 3.63) is 54.6 Å². The standard InChI is InChI=1S/C22H25N3O3S/c26-21(13-16-12-20(23-14-16)22(27)25-10-11-29-15-25)24-17-6-8-19(9-7-17)28-18-4-2-1-3-5-18/h1-9,16,20,23H,10-15H2,(H,24,26)/t16?,20-/m0/s1. The van der Waals surface area contributed by atoms with E-state index in [0.717, 1.165) is 41.8 Å². The van der Waals surface area contributed by atoms with E-state index in [1.807, 2.05) is 59.5 Å². The zero-order valence-electron chi connectivity index (χ0n) is 16.2. The Morgan fingerprint density at radius 1 is 1.10 bits per heavy atom. The molecule has 2 saturated heterocycles. The number of para-hydroxylation sites is 1. The van der Waals surface area contributed by atoms with Crippen LogP contribution in [0.5, 0.6) is 11.5 Å². The lowest BCUT2D eigenvalue weighted by Crippen LogP contribution is -2.42. The summed E-state index contributed by atoms with van der Waals surface area (Å²) in [7, 11) is 0. The highest BCUT2D eigenvalue weighted by atomic mass is 32.2. The normalized spacial score (nSPS) is 21.2. The van der Waals surface area contributed by atoms with Crippen molar-refractivity contribution in [2.24, 2.45) is 5.92 Å². The maximum absolute atomic E-state index is 12.5. The van der Waals surface area contributed by atoms with E-state index >= 15 is 0 Å². The monoisotopic (exact) mass is 411 g/mol. The van der Waals surface area contributed by atoms with Gasteiger partial charge in [-0.3, -0.25) is 9.59 Å². The molecular weight excluding hydrogens is 386 g/mol. The second kappa shape index (κ2) is 9.33. The molecule has 6 nitrogen and oxygen atoms in total. The minimum Gasteiger partial charge on any atom is -0.457 e. The third-order valence-corrected chi connectivity index (χ3v) is 6.14. The van der Waals surface area contributed by atoms with Crippen LogP contribution in [0.4, 0.5) is 5.69 Å². The molecule has 152 valence electrons. The number of rotatable bonds is 6. The Balaban J connectivity index is 1.24. The molecule has 0 spiro atoms. The number of anilines is 1. The van der Waals surface area contributed by atoms with Crippen LogP contribution < -0.4 is 15.4 Å². The van der Waals surface area contributed by atoms with Crippen LogP contribution in [0.3, 0.4) is 0 Å². The molecule has 2 amide bonds. The zero-order valence-corrected chi connectivity index (χ0v) is 17.0. The Labute approximate surface area is 175 Å². The molecule has 2 atom stereocenters. The molecule has 2 aromatic rings. The van der Waals surface area contributed by atoms with Gasteiger partial charge in [-0.1, -0.05) is 18.2 Å². The lowest BCUT2D eigenvalue weighted by atomic mass is 10.0. The van der Waals surface area contributed by atoms with E-state index in [-0.39, 0.29) is 23.8 Å². The average molecular weight is 412 g/mol. The number of nitrogens with one attached hydrogen (secondary N) is 2. The minimum absolute atomic E-state index is 0.0293. The lowest BCUT2D eigenvalue weighted by molar-refractivity contribution is -0.131. The van der Waals surface area contributed by atoms with Gasteiger partial charge in [0.25, 0.3) is 0 Å². The van der Waals surface area contributed by atoms with Crippen molar-refractivity contribution >= 4 is 29.3 Å². The molecule has 1 unspecified atom stereocenters. The van der Waals surface area contributed by atoms with Crippen LogP contribution in [0.25, 0.3) is 0 Å². The largest absolute Gasteiger partial charge is 0.457 e. The van der Waals surface area contributed by atoms with Gasteiger partial charge >= 0.3 is 0 Å². The van der Waals surface area contributed by atoms with Crippen molar-refractivity contribution in [1.82, 2.24) is 10.2 Å². The highest BCUT2D eigenvalue weighted by molar-refractivity contribution is 7.99. The predicted octanol–water partition coefficient (Wildman–Crippen LogP) is 3.32. The summed E-state index contributed by atoms with van der Waals surface area (Å²) in [4.78, 5) is 26.8. The van der Waals surface area contributed by atoms with Crippen LogP contribution in [0.1, 0.15) is 12.8 Å². The van der Waals surface area contributed by atoms with Crippen LogP contribution in [0, 0.1) is 5.92 Å². The van der Waals surface area contributed by atoms with E-state index < -0.39 is 0 Å². The second-order valence-corrected chi connectivity index (χ2v) is 8.47. The van der Waals surface area contributed by atoms with Crippen LogP contribution >= 0.6 is 11.8 Å². The molecular formula is C22H25N3O3S. The Morgan fingerprint density at radius 3 is 2.59 bits per heavy atom. The summed E-state index contributed by atoms with van der Waals surface area (Å²) in [6, 6.07) is 16.8. The van der Waals surface area contributed by atoms with Crippen molar-refractivity contribution in [3.8, 4) is 11.5 Å². The first-order valence-corrected chi connectivity index (χ1v) is 11.1. The van der Waals surface area contributed by atoms with Crippen molar-refractivity contribution in [1.29, 1.82) is 0 Å². The third kappa shape index (κ3) is 5.31. The van der Waals surface area contributed by atoms with E-state index in [1.165, 1.54) is 0 Å². The average Bonchev–Trinajstić information content (AvgIpc) is 3.42. The number of nitrogens with zero attached hydrogens (tertiary/aromatic N) is 1. The molecule has 0 aromatic heterocycles. The van der Waals surface area contributed by atoms with Crippen LogP contribution in [0.2, 0.25) is 0 Å². The summed E-state index contributed by atoms with van der Waals surface area (Å²) in [6.07, 6.45) is 1.13. The molecule has 4 rings (SSSR count). The summed E-state index contributed by atoms with van der Waals surface area (Å²) in [5.41, 5.74) is 0.739. The molecule has 2 aliphatic heterocycles. The van der Waals surface area contributed by atoms with Gasteiger partial charge in [0.2, 0.25) is 11.8 Å².